The first-order valence-electron chi connectivity index (χ1n) is 2.44. The second-order valence-corrected chi connectivity index (χ2v) is 2.02. The van der Waals surface area contributed by atoms with Gasteiger partial charge in [-0.25, -0.2) is 0 Å². The van der Waals surface area contributed by atoms with Gasteiger partial charge in [-0.3, -0.25) is 0 Å². The van der Waals surface area contributed by atoms with Gasteiger partial charge >= 0.3 is 0 Å². The van der Waals surface area contributed by atoms with Crippen LogP contribution in [0.1, 0.15) is 6.92 Å². The lowest BCUT2D eigenvalue weighted by molar-refractivity contribution is 0.982. The van der Waals surface area contributed by atoms with Crippen molar-refractivity contribution in [2.24, 2.45) is 0 Å². The maximum Gasteiger partial charge on any atom is 0.0323 e. The molecule has 0 unspecified atom stereocenters. The molecule has 0 spiro atoms. The average molecular weight is 132 g/mol. The molecule has 1 nitrogen and oxygen atoms in total. The van der Waals surface area contributed by atoms with Crippen LogP contribution in [0.5, 0.6) is 0 Å². The fourth-order valence-corrected chi connectivity index (χ4v) is 0.360. The predicted molar refractivity (Wildman–Crippen MR) is 37.8 cm³/mol. The molecule has 0 aliphatic rings. The van der Waals surface area contributed by atoms with Gasteiger partial charge in [-0.1, -0.05) is 17.7 Å². The summed E-state index contributed by atoms with van der Waals surface area (Å²) in [6.45, 7) is 6.11. The van der Waals surface area contributed by atoms with Crippen molar-refractivity contribution in [2.45, 2.75) is 6.92 Å². The Kier molecular flexibility index (Phi) is 4.47. The van der Waals surface area contributed by atoms with Gasteiger partial charge < -0.3 is 5.32 Å². The number of hydrogen-bond acceptors (Lipinski definition) is 1. The number of allylic oxidation sites excluding steroid dienone is 1. The van der Waals surface area contributed by atoms with E-state index in [1.54, 1.807) is 12.3 Å². The van der Waals surface area contributed by atoms with Gasteiger partial charge in [0, 0.05) is 17.8 Å². The Bertz CT molecular complexity index is 92.7. The predicted octanol–water partition coefficient (Wildman–Crippen LogP) is 1.86. The van der Waals surface area contributed by atoms with Gasteiger partial charge in [-0.05, 0) is 6.92 Å². The van der Waals surface area contributed by atoms with Crippen LogP contribution in [0.3, 0.4) is 0 Å². The van der Waals surface area contributed by atoms with E-state index in [0.29, 0.717) is 0 Å². The fraction of sp³-hybridized carbons (Fsp3) is 0.333. The van der Waals surface area contributed by atoms with E-state index in [1.165, 1.54) is 0 Å². The first-order valence-corrected chi connectivity index (χ1v) is 2.81. The first-order chi connectivity index (χ1) is 3.77. The van der Waals surface area contributed by atoms with Gasteiger partial charge in [0.15, 0.2) is 0 Å². The van der Waals surface area contributed by atoms with Gasteiger partial charge in [-0.15, -0.1) is 6.58 Å². The zero-order chi connectivity index (χ0) is 6.41. The van der Waals surface area contributed by atoms with Gasteiger partial charge in [-0.2, -0.15) is 0 Å². The SMILES string of the molecule is C=CCN/C=C(\C)Cl. The molecule has 0 aromatic heterocycles. The highest BCUT2D eigenvalue weighted by Crippen LogP contribution is 1.93. The second kappa shape index (κ2) is 4.72. The smallest absolute Gasteiger partial charge is 0.0323 e. The zero-order valence-corrected chi connectivity index (χ0v) is 5.70. The molecule has 0 bridgehead atoms. The summed E-state index contributed by atoms with van der Waals surface area (Å²) in [6, 6.07) is 0. The van der Waals surface area contributed by atoms with Crippen molar-refractivity contribution in [3.8, 4) is 0 Å². The second-order valence-electron chi connectivity index (χ2n) is 1.43. The van der Waals surface area contributed by atoms with Crippen molar-refractivity contribution in [2.75, 3.05) is 6.54 Å². The normalized spacial score (nSPS) is 11.0. The van der Waals surface area contributed by atoms with E-state index in [2.05, 4.69) is 11.9 Å². The monoisotopic (exact) mass is 131 g/mol. The average Bonchev–Trinajstić information content (AvgIpc) is 1.66. The van der Waals surface area contributed by atoms with Crippen molar-refractivity contribution in [3.63, 3.8) is 0 Å². The summed E-state index contributed by atoms with van der Waals surface area (Å²) in [7, 11) is 0. The van der Waals surface area contributed by atoms with E-state index in [1.807, 2.05) is 6.92 Å². The lowest BCUT2D eigenvalue weighted by atomic mass is 10.6. The molecule has 0 fully saturated rings. The third kappa shape index (κ3) is 5.57. The standard InChI is InChI=1S/C6H10ClN/c1-3-4-8-5-6(2)7/h3,5,8H,1,4H2,2H3/b6-5+. The highest BCUT2D eigenvalue weighted by Gasteiger charge is 1.74. The van der Waals surface area contributed by atoms with Crippen LogP contribution in [0.25, 0.3) is 0 Å². The Labute approximate surface area is 55.0 Å². The Morgan fingerprint density at radius 1 is 1.88 bits per heavy atom. The molecule has 1 N–H and O–H groups in total. The maximum atomic E-state index is 5.48. The van der Waals surface area contributed by atoms with Crippen LogP contribution >= 0.6 is 11.6 Å². The molecular weight excluding hydrogens is 122 g/mol. The van der Waals surface area contributed by atoms with E-state index in [0.717, 1.165) is 11.6 Å². The molecule has 0 atom stereocenters. The van der Waals surface area contributed by atoms with Crippen LogP contribution < -0.4 is 5.32 Å². The van der Waals surface area contributed by atoms with Gasteiger partial charge in [0.2, 0.25) is 0 Å². The number of rotatable bonds is 3. The Morgan fingerprint density at radius 3 is 2.88 bits per heavy atom. The molecule has 46 valence electrons. The van der Waals surface area contributed by atoms with E-state index in [9.17, 15) is 0 Å². The summed E-state index contributed by atoms with van der Waals surface area (Å²) in [5.41, 5.74) is 0. The molecule has 0 aliphatic carbocycles. The summed E-state index contributed by atoms with van der Waals surface area (Å²) < 4.78 is 0. The third-order valence-corrected chi connectivity index (χ3v) is 0.672. The molecule has 2 heteroatoms. The first kappa shape index (κ1) is 7.57. The van der Waals surface area contributed by atoms with Crippen LogP contribution in [-0.4, -0.2) is 6.54 Å². The molecule has 0 saturated heterocycles. The van der Waals surface area contributed by atoms with Gasteiger partial charge in [0.05, 0.1) is 0 Å². The maximum absolute atomic E-state index is 5.48. The minimum absolute atomic E-state index is 0.756. The van der Waals surface area contributed by atoms with Crippen molar-refractivity contribution < 1.29 is 0 Å². The fourth-order valence-electron chi connectivity index (χ4n) is 0.283. The lowest BCUT2D eigenvalue weighted by Gasteiger charge is -1.91. The van der Waals surface area contributed by atoms with Gasteiger partial charge in [0.1, 0.15) is 0 Å². The van der Waals surface area contributed by atoms with Crippen molar-refractivity contribution >= 4 is 11.6 Å². The summed E-state index contributed by atoms with van der Waals surface area (Å²) in [4.78, 5) is 0. The van der Waals surface area contributed by atoms with Gasteiger partial charge in [0.25, 0.3) is 0 Å². The molecule has 0 rings (SSSR count). The third-order valence-electron chi connectivity index (χ3n) is 0.563. The highest BCUT2D eigenvalue weighted by atomic mass is 35.5. The molecule has 8 heavy (non-hydrogen) atoms. The molecule has 0 amide bonds. The molecule has 0 aliphatic heterocycles. The summed E-state index contributed by atoms with van der Waals surface area (Å²) in [5.74, 6) is 0. The molecular formula is C6H10ClN. The summed E-state index contributed by atoms with van der Waals surface area (Å²) >= 11 is 5.48. The van der Waals surface area contributed by atoms with E-state index < -0.39 is 0 Å². The van der Waals surface area contributed by atoms with Crippen molar-refractivity contribution in [1.29, 1.82) is 0 Å². The molecule has 0 saturated carbocycles. The van der Waals surface area contributed by atoms with Crippen LogP contribution in [0.4, 0.5) is 0 Å². The minimum Gasteiger partial charge on any atom is -0.387 e. The van der Waals surface area contributed by atoms with Crippen LogP contribution in [0.2, 0.25) is 0 Å². The van der Waals surface area contributed by atoms with E-state index >= 15 is 0 Å². The summed E-state index contributed by atoms with van der Waals surface area (Å²) in [6.07, 6.45) is 3.51. The molecule has 0 heterocycles. The number of hydrogen-bond donors (Lipinski definition) is 1. The Hall–Kier alpha value is -0.430. The van der Waals surface area contributed by atoms with Crippen LogP contribution in [0.15, 0.2) is 23.9 Å². The Morgan fingerprint density at radius 2 is 2.50 bits per heavy atom. The molecule has 0 radical (unpaired) electrons. The van der Waals surface area contributed by atoms with Crippen molar-refractivity contribution in [1.82, 2.24) is 5.32 Å². The number of nitrogens with one attached hydrogen (secondary N) is 1. The summed E-state index contributed by atoms with van der Waals surface area (Å²) in [5, 5.41) is 3.68. The van der Waals surface area contributed by atoms with Crippen LogP contribution in [0, 0.1) is 0 Å². The minimum atomic E-state index is 0.756. The highest BCUT2D eigenvalue weighted by molar-refractivity contribution is 6.29. The van der Waals surface area contributed by atoms with E-state index in [-0.39, 0.29) is 0 Å². The van der Waals surface area contributed by atoms with Crippen LogP contribution in [-0.2, 0) is 0 Å². The number of halogens is 1. The van der Waals surface area contributed by atoms with E-state index in [4.69, 9.17) is 11.6 Å². The lowest BCUT2D eigenvalue weighted by Crippen LogP contribution is -2.02. The Balaban J connectivity index is 3.15. The van der Waals surface area contributed by atoms with Crippen molar-refractivity contribution in [3.05, 3.63) is 23.9 Å². The largest absolute Gasteiger partial charge is 0.387 e. The molecule has 0 aromatic carbocycles. The topological polar surface area (TPSA) is 12.0 Å². The quantitative estimate of drug-likeness (QED) is 0.456. The molecule has 0 aromatic rings. The zero-order valence-electron chi connectivity index (χ0n) is 4.95.